The number of ketones is 1. The summed E-state index contributed by atoms with van der Waals surface area (Å²) in [6.45, 7) is 1.29. The van der Waals surface area contributed by atoms with E-state index >= 15 is 0 Å². The zero-order valence-corrected chi connectivity index (χ0v) is 24.4. The van der Waals surface area contributed by atoms with E-state index in [1.54, 1.807) is 41.9 Å². The maximum Gasteiger partial charge on any atom is 0.387 e. The molecule has 0 bridgehead atoms. The van der Waals surface area contributed by atoms with E-state index in [-0.39, 0.29) is 41.8 Å². The lowest BCUT2D eigenvalue weighted by atomic mass is 9.91. The van der Waals surface area contributed by atoms with Gasteiger partial charge >= 0.3 is 12.6 Å². The molecule has 0 spiro atoms. The van der Waals surface area contributed by atoms with E-state index in [1.165, 1.54) is 13.2 Å². The number of imidazole rings is 1. The Kier molecular flexibility index (Phi) is 9.46. The summed E-state index contributed by atoms with van der Waals surface area (Å²) in [5.74, 6) is 0.0283. The van der Waals surface area contributed by atoms with Crippen LogP contribution in [0.1, 0.15) is 55.8 Å². The Labute approximate surface area is 248 Å². The normalized spacial score (nSPS) is 16.8. The molecule has 0 atom stereocenters. The molecular weight excluding hydrogens is 564 g/mol. The fraction of sp³-hybridized carbons (Fsp3) is 0.516. The van der Waals surface area contributed by atoms with Crippen molar-refractivity contribution in [3.8, 4) is 28.5 Å². The van der Waals surface area contributed by atoms with Crippen LogP contribution in [0.4, 0.5) is 8.78 Å². The highest BCUT2D eigenvalue weighted by atomic mass is 19.3. The van der Waals surface area contributed by atoms with E-state index in [9.17, 15) is 23.5 Å². The maximum absolute atomic E-state index is 13.3. The molecule has 0 unspecified atom stereocenters. The molecule has 3 heterocycles. The predicted octanol–water partition coefficient (Wildman–Crippen LogP) is 4.75. The van der Waals surface area contributed by atoms with Crippen molar-refractivity contribution in [1.29, 1.82) is 0 Å². The minimum Gasteiger partial charge on any atom is -0.496 e. The zero-order valence-electron chi connectivity index (χ0n) is 24.4. The first-order valence-corrected chi connectivity index (χ1v) is 14.6. The van der Waals surface area contributed by atoms with Crippen LogP contribution in [-0.2, 0) is 9.53 Å². The van der Waals surface area contributed by atoms with Crippen LogP contribution >= 0.6 is 0 Å². The van der Waals surface area contributed by atoms with Gasteiger partial charge in [0.2, 0.25) is 0 Å². The molecule has 1 aliphatic heterocycles. The molecular formula is C31H37F2N3O7. The fourth-order valence-electron chi connectivity index (χ4n) is 5.41. The van der Waals surface area contributed by atoms with Gasteiger partial charge in [-0.2, -0.15) is 8.78 Å². The fourth-order valence-corrected chi connectivity index (χ4v) is 5.41. The largest absolute Gasteiger partial charge is 0.496 e. The van der Waals surface area contributed by atoms with E-state index in [1.807, 2.05) is 0 Å². The summed E-state index contributed by atoms with van der Waals surface area (Å²) in [6, 6.07) is 6.64. The van der Waals surface area contributed by atoms with Gasteiger partial charge in [-0.15, -0.1) is 0 Å². The standard InChI is InChI=1S/C31H37F2N3O7/c1-3-41-29(38)31(39)8-12-35(13-9-31)10-4-14-42-22-7-11-36-23(19-34-27(36)18-22)21-16-25(40-2)28(24(37)15-20-5-6-20)26(17-21)43-30(32)33/h7,11,16-20,30,39H,3-6,8-10,12-15H2,1-2H3. The Bertz CT molecular complexity index is 1450. The lowest BCUT2D eigenvalue weighted by molar-refractivity contribution is -0.170. The molecule has 1 aliphatic carbocycles. The topological polar surface area (TPSA) is 112 Å². The maximum atomic E-state index is 13.3. The average Bonchev–Trinajstić information content (AvgIpc) is 3.70. The lowest BCUT2D eigenvalue weighted by Crippen LogP contribution is -2.50. The summed E-state index contributed by atoms with van der Waals surface area (Å²) >= 11 is 0. The number of ether oxygens (including phenoxy) is 4. The molecule has 0 amide bonds. The van der Waals surface area contributed by atoms with Crippen LogP contribution in [0.5, 0.6) is 17.2 Å². The van der Waals surface area contributed by atoms with Crippen LogP contribution in [0.2, 0.25) is 0 Å². The van der Waals surface area contributed by atoms with Crippen LogP contribution in [0.25, 0.3) is 16.9 Å². The van der Waals surface area contributed by atoms with E-state index in [0.717, 1.165) is 25.8 Å². The Balaban J connectivity index is 1.23. The van der Waals surface area contributed by atoms with Crippen molar-refractivity contribution < 1.29 is 42.4 Å². The van der Waals surface area contributed by atoms with Crippen molar-refractivity contribution in [1.82, 2.24) is 14.3 Å². The number of alkyl halides is 2. The van der Waals surface area contributed by atoms with Crippen LogP contribution in [0, 0.1) is 5.92 Å². The number of piperidine rings is 1. The number of hydrogen-bond donors (Lipinski definition) is 1. The number of pyridine rings is 1. The third-order valence-electron chi connectivity index (χ3n) is 7.96. The molecule has 0 radical (unpaired) electrons. The van der Waals surface area contributed by atoms with Crippen molar-refractivity contribution in [3.05, 3.63) is 42.2 Å². The Hall–Kier alpha value is -3.77. The number of esters is 1. The SMILES string of the molecule is CCOC(=O)C1(O)CCN(CCCOc2ccn3c(-c4cc(OC)c(C(=O)CC5CC5)c(OC(F)F)c4)cnc3c2)CC1. The summed E-state index contributed by atoms with van der Waals surface area (Å²) in [5.41, 5.74) is 0.328. The number of aliphatic hydroxyl groups is 1. The predicted molar refractivity (Wildman–Crippen MR) is 153 cm³/mol. The number of hydrogen-bond acceptors (Lipinski definition) is 9. The lowest BCUT2D eigenvalue weighted by Gasteiger charge is -2.36. The van der Waals surface area contributed by atoms with E-state index in [4.69, 9.17) is 18.9 Å². The Morgan fingerprint density at radius 2 is 1.91 bits per heavy atom. The highest BCUT2D eigenvalue weighted by molar-refractivity contribution is 6.02. The minimum absolute atomic E-state index is 0.0298. The monoisotopic (exact) mass is 601 g/mol. The zero-order chi connectivity index (χ0) is 30.6. The number of rotatable bonds is 14. The number of carbonyl (C=O) groups excluding carboxylic acids is 2. The molecule has 232 valence electrons. The van der Waals surface area contributed by atoms with Gasteiger partial charge in [0.15, 0.2) is 11.4 Å². The number of fused-ring (bicyclic) bond motifs is 1. The first-order chi connectivity index (χ1) is 20.7. The average molecular weight is 602 g/mol. The van der Waals surface area contributed by atoms with Gasteiger partial charge in [0.05, 0.1) is 32.2 Å². The first kappa shape index (κ1) is 30.7. The molecule has 3 aromatic rings. The van der Waals surface area contributed by atoms with Crippen molar-refractivity contribution in [2.75, 3.05) is 40.0 Å². The number of benzene rings is 1. The number of methoxy groups -OCH3 is 1. The van der Waals surface area contributed by atoms with Crippen LogP contribution in [-0.4, -0.2) is 83.3 Å². The summed E-state index contributed by atoms with van der Waals surface area (Å²) in [5, 5.41) is 10.5. The number of aromatic nitrogens is 2. The molecule has 12 heteroatoms. The summed E-state index contributed by atoms with van der Waals surface area (Å²) in [4.78, 5) is 31.6. The molecule has 2 fully saturated rings. The van der Waals surface area contributed by atoms with Gasteiger partial charge in [0.1, 0.15) is 28.5 Å². The molecule has 5 rings (SSSR count). The first-order valence-electron chi connectivity index (χ1n) is 14.6. The second-order valence-electron chi connectivity index (χ2n) is 11.0. The quantitative estimate of drug-likeness (QED) is 0.159. The second kappa shape index (κ2) is 13.3. The highest BCUT2D eigenvalue weighted by Gasteiger charge is 2.40. The number of nitrogens with zero attached hydrogens (tertiary/aromatic N) is 3. The van der Waals surface area contributed by atoms with Gasteiger partial charge < -0.3 is 29.0 Å². The molecule has 1 saturated carbocycles. The number of likely N-dealkylation sites (tertiary alicyclic amines) is 1. The third-order valence-corrected chi connectivity index (χ3v) is 7.96. The van der Waals surface area contributed by atoms with Crippen LogP contribution < -0.4 is 14.2 Å². The number of halogens is 2. The van der Waals surface area contributed by atoms with Gasteiger partial charge in [-0.3, -0.25) is 9.20 Å². The van der Waals surface area contributed by atoms with Crippen LogP contribution in [0.15, 0.2) is 36.7 Å². The Morgan fingerprint density at radius 1 is 1.16 bits per heavy atom. The van der Waals surface area contributed by atoms with E-state index in [0.29, 0.717) is 55.2 Å². The van der Waals surface area contributed by atoms with Gasteiger partial charge in [-0.25, -0.2) is 9.78 Å². The van der Waals surface area contributed by atoms with E-state index < -0.39 is 18.2 Å². The van der Waals surface area contributed by atoms with Crippen molar-refractivity contribution in [2.45, 2.75) is 57.7 Å². The van der Waals surface area contributed by atoms with Crippen molar-refractivity contribution >= 4 is 17.4 Å². The summed E-state index contributed by atoms with van der Waals surface area (Å²) in [6.07, 6.45) is 6.99. The molecule has 10 nitrogen and oxygen atoms in total. The smallest absolute Gasteiger partial charge is 0.387 e. The molecule has 2 aromatic heterocycles. The van der Waals surface area contributed by atoms with Gasteiger partial charge in [0.25, 0.3) is 0 Å². The molecule has 2 aliphatic rings. The number of Topliss-reactive ketones (excluding diaryl/α,β-unsaturated/α-hetero) is 1. The molecule has 1 N–H and O–H groups in total. The van der Waals surface area contributed by atoms with Crippen LogP contribution in [0.3, 0.4) is 0 Å². The second-order valence-corrected chi connectivity index (χ2v) is 11.0. The van der Waals surface area contributed by atoms with Crippen molar-refractivity contribution in [3.63, 3.8) is 0 Å². The highest BCUT2D eigenvalue weighted by Crippen LogP contribution is 2.40. The van der Waals surface area contributed by atoms with Crippen molar-refractivity contribution in [2.24, 2.45) is 5.92 Å². The summed E-state index contributed by atoms with van der Waals surface area (Å²) in [7, 11) is 1.39. The molecule has 43 heavy (non-hydrogen) atoms. The minimum atomic E-state index is -3.10. The Morgan fingerprint density at radius 3 is 2.58 bits per heavy atom. The molecule has 1 aromatic carbocycles. The molecule has 1 saturated heterocycles. The van der Waals surface area contributed by atoms with E-state index in [2.05, 4.69) is 9.88 Å². The number of carbonyl (C=O) groups is 2. The van der Waals surface area contributed by atoms with Gasteiger partial charge in [-0.05, 0) is 63.1 Å². The van der Waals surface area contributed by atoms with Gasteiger partial charge in [-0.1, -0.05) is 0 Å². The summed E-state index contributed by atoms with van der Waals surface area (Å²) < 4.78 is 49.6. The third kappa shape index (κ3) is 7.24. The van der Waals surface area contributed by atoms with Gasteiger partial charge in [0, 0.05) is 43.9 Å².